The van der Waals surface area contributed by atoms with Crippen molar-refractivity contribution in [3.05, 3.63) is 34.2 Å². The molecule has 1 N–H and O–H groups in total. The molecule has 1 aromatic carbocycles. The smallest absolute Gasteiger partial charge is 0.262 e. The number of benzene rings is 1. The van der Waals surface area contributed by atoms with E-state index in [1.54, 1.807) is 12.1 Å². The van der Waals surface area contributed by atoms with Gasteiger partial charge in [-0.05, 0) is 38.0 Å². The van der Waals surface area contributed by atoms with E-state index in [1.807, 2.05) is 17.9 Å². The zero-order chi connectivity index (χ0) is 17.1. The molecular weight excluding hydrogens is 344 g/mol. The minimum Gasteiger partial charge on any atom is -0.336 e. The zero-order valence-electron chi connectivity index (χ0n) is 13.7. The normalized spacial score (nSPS) is 19.8. The van der Waals surface area contributed by atoms with Crippen LogP contribution in [0.3, 0.4) is 0 Å². The number of likely N-dealkylation sites (N-methyl/N-ethyl adjacent to an activating group) is 1. The maximum atomic E-state index is 12.7. The number of rotatable bonds is 3. The molecule has 0 bridgehead atoms. The third kappa shape index (κ3) is 3.78. The molecule has 2 aliphatic rings. The second-order valence-electron chi connectivity index (χ2n) is 6.12. The van der Waals surface area contributed by atoms with Gasteiger partial charge in [0.15, 0.2) is 0 Å². The first kappa shape index (κ1) is 17.4. The average Bonchev–Trinajstić information content (AvgIpc) is 2.57. The van der Waals surface area contributed by atoms with Gasteiger partial charge in [0.1, 0.15) is 0 Å². The number of amides is 2. The Labute approximate surface area is 151 Å². The number of halogens is 1. The highest BCUT2D eigenvalue weighted by Crippen LogP contribution is 2.39. The SMILES string of the molecule is CCN(C(=O)/C=C1\Sc2ccc(Cl)cc2NC1=O)C1CCCCC1. The number of nitrogens with zero attached hydrogens (tertiary/aromatic N) is 1. The van der Waals surface area contributed by atoms with Crippen molar-refractivity contribution in [2.45, 2.75) is 50.0 Å². The van der Waals surface area contributed by atoms with Crippen LogP contribution in [-0.4, -0.2) is 29.3 Å². The van der Waals surface area contributed by atoms with Gasteiger partial charge in [-0.1, -0.05) is 42.6 Å². The molecule has 1 aromatic rings. The van der Waals surface area contributed by atoms with Gasteiger partial charge in [-0.15, -0.1) is 0 Å². The van der Waals surface area contributed by atoms with Crippen LogP contribution >= 0.6 is 23.4 Å². The molecule has 1 fully saturated rings. The summed E-state index contributed by atoms with van der Waals surface area (Å²) in [7, 11) is 0. The summed E-state index contributed by atoms with van der Waals surface area (Å²) in [6, 6.07) is 5.67. The van der Waals surface area contributed by atoms with Crippen LogP contribution in [0.15, 0.2) is 34.1 Å². The molecular formula is C18H21ClN2O2S. The van der Waals surface area contributed by atoms with Gasteiger partial charge in [-0.25, -0.2) is 0 Å². The number of anilines is 1. The minimum absolute atomic E-state index is 0.0699. The summed E-state index contributed by atoms with van der Waals surface area (Å²) in [6.07, 6.45) is 7.20. The molecule has 1 saturated carbocycles. The molecule has 0 aromatic heterocycles. The fourth-order valence-electron chi connectivity index (χ4n) is 3.31. The Kier molecular flexibility index (Phi) is 5.51. The number of fused-ring (bicyclic) bond motifs is 1. The van der Waals surface area contributed by atoms with Crippen molar-refractivity contribution in [1.29, 1.82) is 0 Å². The molecule has 0 atom stereocenters. The predicted molar refractivity (Wildman–Crippen MR) is 98.3 cm³/mol. The Morgan fingerprint density at radius 2 is 2.12 bits per heavy atom. The van der Waals surface area contributed by atoms with E-state index >= 15 is 0 Å². The monoisotopic (exact) mass is 364 g/mol. The molecule has 0 radical (unpaired) electrons. The lowest BCUT2D eigenvalue weighted by Crippen LogP contribution is -2.40. The topological polar surface area (TPSA) is 49.4 Å². The molecule has 0 unspecified atom stereocenters. The molecule has 1 aliphatic carbocycles. The average molecular weight is 365 g/mol. The first-order valence-electron chi connectivity index (χ1n) is 8.39. The second-order valence-corrected chi connectivity index (χ2v) is 7.64. The molecule has 0 saturated heterocycles. The molecule has 24 heavy (non-hydrogen) atoms. The largest absolute Gasteiger partial charge is 0.336 e. The van der Waals surface area contributed by atoms with E-state index in [-0.39, 0.29) is 11.8 Å². The summed E-state index contributed by atoms with van der Waals surface area (Å²) >= 11 is 7.28. The van der Waals surface area contributed by atoms with Gasteiger partial charge in [0.25, 0.3) is 5.91 Å². The van der Waals surface area contributed by atoms with Crippen LogP contribution < -0.4 is 5.32 Å². The van der Waals surface area contributed by atoms with Crippen molar-refractivity contribution < 1.29 is 9.59 Å². The molecule has 0 spiro atoms. The first-order chi connectivity index (χ1) is 11.6. The van der Waals surface area contributed by atoms with Crippen molar-refractivity contribution in [2.75, 3.05) is 11.9 Å². The second kappa shape index (κ2) is 7.62. The highest BCUT2D eigenvalue weighted by molar-refractivity contribution is 8.04. The lowest BCUT2D eigenvalue weighted by Gasteiger charge is -2.33. The minimum atomic E-state index is -0.247. The molecule has 4 nitrogen and oxygen atoms in total. The Morgan fingerprint density at radius 3 is 2.83 bits per heavy atom. The summed E-state index contributed by atoms with van der Waals surface area (Å²) < 4.78 is 0. The molecule has 1 heterocycles. The molecule has 1 aliphatic heterocycles. The fraction of sp³-hybridized carbons (Fsp3) is 0.444. The lowest BCUT2D eigenvalue weighted by atomic mass is 9.94. The van der Waals surface area contributed by atoms with Gasteiger partial charge in [0.05, 0.1) is 10.6 Å². The number of hydrogen-bond donors (Lipinski definition) is 1. The van der Waals surface area contributed by atoms with E-state index in [1.165, 1.54) is 37.1 Å². The standard InChI is InChI=1S/C18H21ClN2O2S/c1-2-21(13-6-4-3-5-7-13)17(22)11-16-18(23)20-14-10-12(19)8-9-15(14)24-16/h8-11,13H,2-7H2,1H3,(H,20,23)/b16-11-. The number of thioether (sulfide) groups is 1. The number of hydrogen-bond acceptors (Lipinski definition) is 3. The van der Waals surface area contributed by atoms with Crippen LogP contribution in [0, 0.1) is 0 Å². The number of carbonyl (C=O) groups excluding carboxylic acids is 2. The van der Waals surface area contributed by atoms with Gasteiger partial charge in [-0.3, -0.25) is 9.59 Å². The Bertz CT molecular complexity index is 684. The van der Waals surface area contributed by atoms with Crippen LogP contribution in [0.2, 0.25) is 5.02 Å². The van der Waals surface area contributed by atoms with Crippen LogP contribution in [0.5, 0.6) is 0 Å². The summed E-state index contributed by atoms with van der Waals surface area (Å²) in [5.41, 5.74) is 0.696. The van der Waals surface area contributed by atoms with Crippen LogP contribution in [0.25, 0.3) is 0 Å². The van der Waals surface area contributed by atoms with Crippen molar-refractivity contribution >= 4 is 40.9 Å². The maximum absolute atomic E-state index is 12.7. The van der Waals surface area contributed by atoms with E-state index in [2.05, 4.69) is 5.32 Å². The molecule has 6 heteroatoms. The van der Waals surface area contributed by atoms with Gasteiger partial charge >= 0.3 is 0 Å². The van der Waals surface area contributed by atoms with Crippen molar-refractivity contribution in [1.82, 2.24) is 4.90 Å². The summed E-state index contributed by atoms with van der Waals surface area (Å²) in [5, 5.41) is 3.39. The third-order valence-electron chi connectivity index (χ3n) is 4.53. The number of carbonyl (C=O) groups is 2. The van der Waals surface area contributed by atoms with Crippen LogP contribution in [0.1, 0.15) is 39.0 Å². The van der Waals surface area contributed by atoms with E-state index < -0.39 is 0 Å². The van der Waals surface area contributed by atoms with E-state index in [4.69, 9.17) is 11.6 Å². The fourth-order valence-corrected chi connectivity index (χ4v) is 4.38. The van der Waals surface area contributed by atoms with Crippen molar-refractivity contribution in [3.63, 3.8) is 0 Å². The van der Waals surface area contributed by atoms with E-state index in [0.29, 0.717) is 28.2 Å². The van der Waals surface area contributed by atoms with Crippen LogP contribution in [-0.2, 0) is 9.59 Å². The van der Waals surface area contributed by atoms with Crippen molar-refractivity contribution in [2.24, 2.45) is 0 Å². The Balaban J connectivity index is 1.78. The van der Waals surface area contributed by atoms with Gasteiger partial charge in [0, 0.05) is 28.6 Å². The van der Waals surface area contributed by atoms with E-state index in [0.717, 1.165) is 17.7 Å². The van der Waals surface area contributed by atoms with Gasteiger partial charge in [-0.2, -0.15) is 0 Å². The highest BCUT2D eigenvalue weighted by atomic mass is 35.5. The number of nitrogens with one attached hydrogen (secondary N) is 1. The van der Waals surface area contributed by atoms with Crippen LogP contribution in [0.4, 0.5) is 5.69 Å². The Morgan fingerprint density at radius 1 is 1.38 bits per heavy atom. The predicted octanol–water partition coefficient (Wildman–Crippen LogP) is 4.45. The van der Waals surface area contributed by atoms with Gasteiger partial charge < -0.3 is 10.2 Å². The van der Waals surface area contributed by atoms with Gasteiger partial charge in [0.2, 0.25) is 5.91 Å². The summed E-state index contributed by atoms with van der Waals surface area (Å²) in [4.78, 5) is 28.2. The zero-order valence-corrected chi connectivity index (χ0v) is 15.3. The summed E-state index contributed by atoms with van der Waals surface area (Å²) in [5.74, 6) is -0.317. The molecule has 2 amide bonds. The molecule has 3 rings (SSSR count). The third-order valence-corrected chi connectivity index (χ3v) is 5.86. The highest BCUT2D eigenvalue weighted by Gasteiger charge is 2.26. The molecule has 128 valence electrons. The Hall–Kier alpha value is -1.46. The lowest BCUT2D eigenvalue weighted by molar-refractivity contribution is -0.129. The summed E-state index contributed by atoms with van der Waals surface area (Å²) in [6.45, 7) is 2.67. The van der Waals surface area contributed by atoms with E-state index in [9.17, 15) is 9.59 Å². The quantitative estimate of drug-likeness (QED) is 0.806. The maximum Gasteiger partial charge on any atom is 0.262 e. The van der Waals surface area contributed by atoms with Crippen molar-refractivity contribution in [3.8, 4) is 0 Å². The first-order valence-corrected chi connectivity index (χ1v) is 9.59.